The Labute approximate surface area is 635 Å². The van der Waals surface area contributed by atoms with Crippen LogP contribution in [-0.4, -0.2) is 9.13 Å². The van der Waals surface area contributed by atoms with Gasteiger partial charge in [-0.15, -0.1) is 0 Å². The summed E-state index contributed by atoms with van der Waals surface area (Å²) in [6.45, 7) is 4.80. The Morgan fingerprint density at radius 2 is 0.514 bits per heavy atom. The number of hydrogen-bond donors (Lipinski definition) is 0. The maximum Gasteiger partial charge on any atom is 0.0547 e. The Morgan fingerprint density at radius 1 is 0.193 bits per heavy atom. The van der Waals surface area contributed by atoms with E-state index in [0.717, 1.165) is 67.8 Å². The van der Waals surface area contributed by atoms with Crippen molar-refractivity contribution in [3.05, 3.63) is 424 Å². The smallest absolute Gasteiger partial charge is 0.0547 e. The molecule has 19 aromatic rings. The molecular weight excluding hydrogens is 1320 g/mol. The lowest BCUT2D eigenvalue weighted by Gasteiger charge is -2.28. The van der Waals surface area contributed by atoms with Crippen LogP contribution in [-0.2, 0) is 5.41 Å². The lowest BCUT2D eigenvalue weighted by Crippen LogP contribution is -2.17. The summed E-state index contributed by atoms with van der Waals surface area (Å²) in [5.74, 6) is 0. The summed E-state index contributed by atoms with van der Waals surface area (Å²) in [5.41, 5.74) is 35.0. The third-order valence-corrected chi connectivity index (χ3v) is 22.6. The fraction of sp³-hybridized carbons (Fsp3) is 0.0286. The molecule has 4 heteroatoms. The second kappa shape index (κ2) is 26.8. The summed E-state index contributed by atoms with van der Waals surface area (Å²) in [6, 6.07) is 151. The highest BCUT2D eigenvalue weighted by molar-refractivity contribution is 6.16. The van der Waals surface area contributed by atoms with E-state index in [2.05, 4.69) is 445 Å². The minimum atomic E-state index is -0.307. The molecule has 1 aliphatic carbocycles. The molecule has 0 N–H and O–H groups in total. The normalized spacial score (nSPS) is 12.2. The van der Waals surface area contributed by atoms with Crippen molar-refractivity contribution in [3.63, 3.8) is 0 Å². The van der Waals surface area contributed by atoms with Crippen molar-refractivity contribution in [1.29, 1.82) is 0 Å². The number of fused-ring (bicyclic) bond motifs is 9. The summed E-state index contributed by atoms with van der Waals surface area (Å²) in [6.07, 6.45) is 0. The van der Waals surface area contributed by atoms with Crippen molar-refractivity contribution in [3.8, 4) is 100 Å². The van der Waals surface area contributed by atoms with Crippen LogP contribution in [0.1, 0.15) is 25.0 Å². The van der Waals surface area contributed by atoms with E-state index in [9.17, 15) is 0 Å². The monoisotopic (exact) mass is 1390 g/mol. The molecule has 2 heterocycles. The zero-order valence-electron chi connectivity index (χ0n) is 60.5. The van der Waals surface area contributed by atoms with Crippen LogP contribution in [0.4, 0.5) is 34.1 Å². The van der Waals surface area contributed by atoms with Crippen molar-refractivity contribution in [2.45, 2.75) is 19.3 Å². The molecule has 0 saturated heterocycles. The third-order valence-electron chi connectivity index (χ3n) is 22.6. The van der Waals surface area contributed by atoms with Gasteiger partial charge in [-0.2, -0.15) is 0 Å². The number of benzene rings is 17. The molecule has 4 nitrogen and oxygen atoms in total. The molecule has 514 valence electrons. The number of nitrogens with zero attached hydrogens (tertiary/aromatic N) is 4. The number of para-hydroxylation sites is 2. The van der Waals surface area contributed by atoms with Gasteiger partial charge in [-0.3, -0.25) is 0 Å². The van der Waals surface area contributed by atoms with E-state index in [1.807, 2.05) is 0 Å². The summed E-state index contributed by atoms with van der Waals surface area (Å²) in [4.78, 5) is 4.78. The van der Waals surface area contributed by atoms with Gasteiger partial charge in [0.15, 0.2) is 0 Å². The molecule has 17 aromatic carbocycles. The maximum absolute atomic E-state index is 2.49. The van der Waals surface area contributed by atoms with Gasteiger partial charge in [-0.05, 0) is 228 Å². The lowest BCUT2D eigenvalue weighted by molar-refractivity contribution is 0.660. The van der Waals surface area contributed by atoms with Gasteiger partial charge in [-0.1, -0.05) is 299 Å². The molecule has 0 spiro atoms. The predicted octanol–water partition coefficient (Wildman–Crippen LogP) is 28.8. The highest BCUT2D eigenvalue weighted by atomic mass is 15.1. The van der Waals surface area contributed by atoms with Crippen LogP contribution in [0.3, 0.4) is 0 Å². The average molecular weight is 1390 g/mol. The minimum absolute atomic E-state index is 0.307. The molecule has 0 aliphatic heterocycles. The first kappa shape index (κ1) is 64.5. The molecule has 0 bridgehead atoms. The molecule has 1 aliphatic rings. The average Bonchev–Trinajstić information content (AvgIpc) is 1.56. The van der Waals surface area contributed by atoms with E-state index in [4.69, 9.17) is 0 Å². The number of rotatable bonds is 15. The Morgan fingerprint density at radius 3 is 1.03 bits per heavy atom. The second-order valence-corrected chi connectivity index (χ2v) is 29.2. The van der Waals surface area contributed by atoms with E-state index in [1.54, 1.807) is 0 Å². The van der Waals surface area contributed by atoms with Crippen LogP contribution >= 0.6 is 0 Å². The first-order chi connectivity index (χ1) is 53.8. The summed E-state index contributed by atoms with van der Waals surface area (Å²) in [5, 5.41) is 4.95. The molecule has 0 amide bonds. The molecule has 0 unspecified atom stereocenters. The van der Waals surface area contributed by atoms with E-state index in [1.165, 1.54) is 122 Å². The van der Waals surface area contributed by atoms with Gasteiger partial charge in [0.1, 0.15) is 0 Å². The van der Waals surface area contributed by atoms with Gasteiger partial charge in [-0.25, -0.2) is 0 Å². The van der Waals surface area contributed by atoms with Crippen molar-refractivity contribution in [1.82, 2.24) is 9.13 Å². The van der Waals surface area contributed by atoms with Crippen LogP contribution in [0.2, 0.25) is 0 Å². The van der Waals surface area contributed by atoms with Crippen LogP contribution < -0.4 is 9.80 Å². The van der Waals surface area contributed by atoms with E-state index >= 15 is 0 Å². The Kier molecular flexibility index (Phi) is 15.9. The Hall–Kier alpha value is -14.1. The fourth-order valence-electron chi connectivity index (χ4n) is 17.1. The quantitative estimate of drug-likeness (QED) is 0.102. The molecule has 0 atom stereocenters. The predicted molar refractivity (Wildman–Crippen MR) is 460 cm³/mol. The second-order valence-electron chi connectivity index (χ2n) is 29.2. The number of hydrogen-bond acceptors (Lipinski definition) is 2. The van der Waals surface area contributed by atoms with Crippen LogP contribution in [0.5, 0.6) is 0 Å². The standard InChI is InChI=1S/C105H74N4/c1-105(2)98-69-90(107(87-54-39-76(40-55-87)72-23-9-4-10-24-72)88-56-41-77(42-57-88)73-25-11-5-12-26-73)62-65-93(98)94-66-63-91(70-99(94)105)109-101-35-18-16-32-97(101)104-92(33-20-36-102(104)109)83-30-19-29-81(67-83)80-47-58-86(59-48-80)106(84-50-37-75(38-51-84)71-21-7-3-8-22-71)85-52-43-78(44-53-85)79-45-60-89(61-46-79)108-100-34-17-15-31-95(100)96-64-49-82(68-103(96)108)74-27-13-6-14-28-74/h3-70H,1-2H3. The Balaban J connectivity index is 0.606. The molecule has 20 rings (SSSR count). The van der Waals surface area contributed by atoms with Crippen molar-refractivity contribution < 1.29 is 0 Å². The van der Waals surface area contributed by atoms with Gasteiger partial charge in [0.25, 0.3) is 0 Å². The molecule has 0 saturated carbocycles. The van der Waals surface area contributed by atoms with Crippen LogP contribution in [0, 0.1) is 0 Å². The topological polar surface area (TPSA) is 16.3 Å². The zero-order chi connectivity index (χ0) is 72.5. The van der Waals surface area contributed by atoms with Crippen molar-refractivity contribution in [2.75, 3.05) is 9.80 Å². The first-order valence-corrected chi connectivity index (χ1v) is 37.7. The molecular formula is C105H74N4. The van der Waals surface area contributed by atoms with Gasteiger partial charge in [0.2, 0.25) is 0 Å². The highest BCUT2D eigenvalue weighted by Crippen LogP contribution is 2.53. The van der Waals surface area contributed by atoms with Crippen LogP contribution in [0.25, 0.3) is 144 Å². The molecule has 2 aromatic heterocycles. The van der Waals surface area contributed by atoms with Crippen LogP contribution in [0.15, 0.2) is 413 Å². The fourth-order valence-corrected chi connectivity index (χ4v) is 17.1. The number of anilines is 6. The summed E-state index contributed by atoms with van der Waals surface area (Å²) >= 11 is 0. The molecule has 0 fully saturated rings. The highest BCUT2D eigenvalue weighted by Gasteiger charge is 2.37. The lowest BCUT2D eigenvalue weighted by atomic mass is 9.82. The summed E-state index contributed by atoms with van der Waals surface area (Å²) in [7, 11) is 0. The SMILES string of the molecule is CC1(C)c2cc(N(c3ccc(-c4ccccc4)cc3)c3ccc(-c4ccccc4)cc3)ccc2-c2ccc(-n3c4ccccc4c4c(-c5cccc(-c6ccc(N(c7ccc(-c8ccccc8)cc7)c7ccc(-c8ccc(-n9c%10ccccc%10c%10ccc(-c%11ccccc%11)cc%109)cc8)cc7)cc6)c5)cccc43)cc21. The molecule has 109 heavy (non-hydrogen) atoms. The van der Waals surface area contributed by atoms with Gasteiger partial charge in [0.05, 0.1) is 22.1 Å². The third kappa shape index (κ3) is 11.5. The van der Waals surface area contributed by atoms with E-state index in [0.29, 0.717) is 0 Å². The Bertz CT molecular complexity index is 6520. The minimum Gasteiger partial charge on any atom is -0.311 e. The summed E-state index contributed by atoms with van der Waals surface area (Å²) < 4.78 is 4.90. The maximum atomic E-state index is 2.49. The first-order valence-electron chi connectivity index (χ1n) is 37.7. The van der Waals surface area contributed by atoms with Crippen molar-refractivity contribution in [2.24, 2.45) is 0 Å². The largest absolute Gasteiger partial charge is 0.311 e. The zero-order valence-corrected chi connectivity index (χ0v) is 60.5. The van der Waals surface area contributed by atoms with Gasteiger partial charge >= 0.3 is 0 Å². The van der Waals surface area contributed by atoms with Gasteiger partial charge in [0, 0.05) is 72.5 Å². The van der Waals surface area contributed by atoms with E-state index < -0.39 is 0 Å². The number of aromatic nitrogens is 2. The van der Waals surface area contributed by atoms with Crippen molar-refractivity contribution >= 4 is 77.7 Å². The van der Waals surface area contributed by atoms with Gasteiger partial charge < -0.3 is 18.9 Å². The van der Waals surface area contributed by atoms with E-state index in [-0.39, 0.29) is 5.41 Å². The molecule has 0 radical (unpaired) electrons.